The minimum absolute atomic E-state index is 0.143. The van der Waals surface area contributed by atoms with Gasteiger partial charge in [0.25, 0.3) is 11.7 Å². The molecule has 1 amide bonds. The predicted molar refractivity (Wildman–Crippen MR) is 147 cm³/mol. The van der Waals surface area contributed by atoms with E-state index in [2.05, 4.69) is 4.90 Å². The first-order valence-electron chi connectivity index (χ1n) is 12.9. The molecular weight excluding hydrogens is 500 g/mol. The molecule has 2 saturated heterocycles. The number of ketones is 1. The fourth-order valence-corrected chi connectivity index (χ4v) is 5.87. The number of amides is 1. The summed E-state index contributed by atoms with van der Waals surface area (Å²) >= 11 is 1.48. The Hall–Kier alpha value is -3.46. The zero-order valence-corrected chi connectivity index (χ0v) is 22.3. The van der Waals surface area contributed by atoms with Crippen LogP contribution in [0.1, 0.15) is 34.0 Å². The van der Waals surface area contributed by atoms with Gasteiger partial charge in [0, 0.05) is 36.6 Å². The Morgan fingerprint density at radius 1 is 1.05 bits per heavy atom. The summed E-state index contributed by atoms with van der Waals surface area (Å²) in [5.74, 6) is -0.686. The van der Waals surface area contributed by atoms with Crippen molar-refractivity contribution in [1.29, 1.82) is 0 Å². The largest absolute Gasteiger partial charge is 0.507 e. The van der Waals surface area contributed by atoms with Gasteiger partial charge in [-0.15, -0.1) is 11.3 Å². The van der Waals surface area contributed by atoms with Gasteiger partial charge in [0.2, 0.25) is 0 Å². The van der Waals surface area contributed by atoms with Crippen LogP contribution in [0.4, 0.5) is 0 Å². The Bertz CT molecular complexity index is 1300. The van der Waals surface area contributed by atoms with Crippen LogP contribution in [0, 0.1) is 6.92 Å². The molecule has 1 atom stereocenters. The molecule has 1 N–H and O–H groups in total. The van der Waals surface area contributed by atoms with Gasteiger partial charge in [0.15, 0.2) is 0 Å². The van der Waals surface area contributed by atoms with E-state index in [1.165, 1.54) is 11.3 Å². The molecule has 7 nitrogen and oxygen atoms in total. The average Bonchev–Trinajstić information content (AvgIpc) is 3.56. The molecule has 2 aliphatic rings. The number of benzene rings is 2. The van der Waals surface area contributed by atoms with E-state index in [1.807, 2.05) is 60.8 Å². The highest BCUT2D eigenvalue weighted by Gasteiger charge is 2.46. The molecule has 3 aromatic rings. The molecule has 2 fully saturated rings. The molecule has 0 saturated carbocycles. The van der Waals surface area contributed by atoms with Crippen LogP contribution in [-0.4, -0.2) is 66.0 Å². The first-order valence-corrected chi connectivity index (χ1v) is 13.8. The maximum atomic E-state index is 13.3. The van der Waals surface area contributed by atoms with E-state index >= 15 is 0 Å². The van der Waals surface area contributed by atoms with E-state index < -0.39 is 17.7 Å². The van der Waals surface area contributed by atoms with E-state index in [-0.39, 0.29) is 11.3 Å². The molecule has 2 aliphatic heterocycles. The molecule has 0 radical (unpaired) electrons. The van der Waals surface area contributed by atoms with E-state index in [0.29, 0.717) is 24.5 Å². The molecule has 5 rings (SSSR count). The number of carbonyl (C=O) groups is 2. The minimum atomic E-state index is -0.643. The Morgan fingerprint density at radius 3 is 2.55 bits per heavy atom. The van der Waals surface area contributed by atoms with Gasteiger partial charge in [-0.25, -0.2) is 0 Å². The SMILES string of the molecule is Cc1cc(OCc2ccccc2)ccc1/C(O)=C1\C(=O)C(=O)N(CCCN2CCOCC2)[C@H]1c1cccs1. The van der Waals surface area contributed by atoms with Gasteiger partial charge in [0.05, 0.1) is 24.8 Å². The fourth-order valence-electron chi connectivity index (χ4n) is 5.02. The molecule has 0 spiro atoms. The van der Waals surface area contributed by atoms with Crippen LogP contribution in [0.25, 0.3) is 5.76 Å². The summed E-state index contributed by atoms with van der Waals surface area (Å²) in [6.07, 6.45) is 0.738. The number of aliphatic hydroxyl groups is 1. The highest BCUT2D eigenvalue weighted by Crippen LogP contribution is 2.41. The average molecular weight is 533 g/mol. The number of Topliss-reactive ketones (excluding diaryl/α,β-unsaturated/α-hetero) is 1. The van der Waals surface area contributed by atoms with E-state index in [1.54, 1.807) is 17.0 Å². The van der Waals surface area contributed by atoms with E-state index in [4.69, 9.17) is 9.47 Å². The van der Waals surface area contributed by atoms with Gasteiger partial charge in [-0.05, 0) is 54.1 Å². The topological polar surface area (TPSA) is 79.3 Å². The van der Waals surface area contributed by atoms with Crippen LogP contribution >= 0.6 is 11.3 Å². The van der Waals surface area contributed by atoms with Gasteiger partial charge in [-0.2, -0.15) is 0 Å². The standard InChI is InChI=1S/C30H32N2O5S/c1-21-19-23(37-20-22-7-3-2-4-8-22)10-11-24(21)28(33)26-27(25-9-5-18-38-25)32(30(35)29(26)34)13-6-12-31-14-16-36-17-15-31/h2-5,7-11,18-19,27,33H,6,12-17,20H2,1H3/b28-26+/t27-/m0/s1. The first kappa shape index (κ1) is 26.2. The third kappa shape index (κ3) is 5.67. The molecule has 198 valence electrons. The second kappa shape index (κ2) is 11.9. The number of rotatable bonds is 9. The van der Waals surface area contributed by atoms with Crippen molar-refractivity contribution in [1.82, 2.24) is 9.80 Å². The second-order valence-electron chi connectivity index (χ2n) is 9.57. The smallest absolute Gasteiger partial charge is 0.295 e. The number of aliphatic hydroxyl groups excluding tert-OH is 1. The van der Waals surface area contributed by atoms with Crippen molar-refractivity contribution in [2.75, 3.05) is 39.4 Å². The van der Waals surface area contributed by atoms with Gasteiger partial charge >= 0.3 is 0 Å². The zero-order valence-electron chi connectivity index (χ0n) is 21.5. The summed E-state index contributed by atoms with van der Waals surface area (Å²) in [6, 6.07) is 18.5. The number of hydrogen-bond donors (Lipinski definition) is 1. The number of hydrogen-bond acceptors (Lipinski definition) is 7. The molecule has 0 unspecified atom stereocenters. The molecule has 8 heteroatoms. The fraction of sp³-hybridized carbons (Fsp3) is 0.333. The predicted octanol–water partition coefficient (Wildman–Crippen LogP) is 4.78. The lowest BCUT2D eigenvalue weighted by Crippen LogP contribution is -2.38. The number of ether oxygens (including phenoxy) is 2. The highest BCUT2D eigenvalue weighted by atomic mass is 32.1. The maximum absolute atomic E-state index is 13.3. The Kier molecular flexibility index (Phi) is 8.22. The van der Waals surface area contributed by atoms with Gasteiger partial charge in [-0.1, -0.05) is 36.4 Å². The quantitative estimate of drug-likeness (QED) is 0.243. The van der Waals surface area contributed by atoms with Crippen LogP contribution in [0.3, 0.4) is 0 Å². The molecule has 3 heterocycles. The van der Waals surface area contributed by atoms with Crippen molar-refractivity contribution < 1.29 is 24.2 Å². The minimum Gasteiger partial charge on any atom is -0.507 e. The van der Waals surface area contributed by atoms with Crippen LogP contribution in [0.2, 0.25) is 0 Å². The van der Waals surface area contributed by atoms with Crippen molar-refractivity contribution in [2.45, 2.75) is 26.0 Å². The number of nitrogens with zero attached hydrogens (tertiary/aromatic N) is 2. The molecular formula is C30H32N2O5S. The number of thiophene rings is 1. The monoisotopic (exact) mass is 532 g/mol. The van der Waals surface area contributed by atoms with Crippen LogP contribution in [0.5, 0.6) is 5.75 Å². The number of carbonyl (C=O) groups excluding carboxylic acids is 2. The normalized spacial score (nSPS) is 19.7. The number of likely N-dealkylation sites (tertiary alicyclic amines) is 1. The Labute approximate surface area is 226 Å². The summed E-state index contributed by atoms with van der Waals surface area (Å²) in [7, 11) is 0. The summed E-state index contributed by atoms with van der Waals surface area (Å²) in [5, 5.41) is 13.3. The summed E-state index contributed by atoms with van der Waals surface area (Å²) in [4.78, 5) is 31.3. The number of aryl methyl sites for hydroxylation is 1. The second-order valence-corrected chi connectivity index (χ2v) is 10.5. The molecule has 0 bridgehead atoms. The van der Waals surface area contributed by atoms with E-state index in [0.717, 1.165) is 55.3 Å². The van der Waals surface area contributed by atoms with Crippen molar-refractivity contribution in [3.8, 4) is 5.75 Å². The highest BCUT2D eigenvalue weighted by molar-refractivity contribution is 7.10. The van der Waals surface area contributed by atoms with Crippen LogP contribution < -0.4 is 4.74 Å². The van der Waals surface area contributed by atoms with Crippen molar-refractivity contribution in [3.05, 3.63) is 93.2 Å². The zero-order chi connectivity index (χ0) is 26.5. The third-order valence-electron chi connectivity index (χ3n) is 7.03. The lowest BCUT2D eigenvalue weighted by atomic mass is 9.97. The summed E-state index contributed by atoms with van der Waals surface area (Å²) in [5.41, 5.74) is 2.48. The maximum Gasteiger partial charge on any atom is 0.295 e. The molecule has 0 aliphatic carbocycles. The van der Waals surface area contributed by atoms with E-state index in [9.17, 15) is 14.7 Å². The Morgan fingerprint density at radius 2 is 1.84 bits per heavy atom. The number of morpholine rings is 1. The molecule has 1 aromatic heterocycles. The van der Waals surface area contributed by atoms with Gasteiger partial charge in [0.1, 0.15) is 18.1 Å². The van der Waals surface area contributed by atoms with Crippen molar-refractivity contribution in [3.63, 3.8) is 0 Å². The summed E-state index contributed by atoms with van der Waals surface area (Å²) in [6.45, 7) is 6.74. The van der Waals surface area contributed by atoms with Crippen molar-refractivity contribution >= 4 is 28.8 Å². The molecule has 38 heavy (non-hydrogen) atoms. The van der Waals surface area contributed by atoms with Crippen LogP contribution in [-0.2, 0) is 20.9 Å². The first-order chi connectivity index (χ1) is 18.5. The van der Waals surface area contributed by atoms with Gasteiger partial charge < -0.3 is 19.5 Å². The summed E-state index contributed by atoms with van der Waals surface area (Å²) < 4.78 is 11.3. The van der Waals surface area contributed by atoms with Crippen LogP contribution in [0.15, 0.2) is 71.6 Å². The van der Waals surface area contributed by atoms with Gasteiger partial charge in [-0.3, -0.25) is 14.5 Å². The molecule has 2 aromatic carbocycles. The third-order valence-corrected chi connectivity index (χ3v) is 7.96. The Balaban J connectivity index is 1.38. The lowest BCUT2D eigenvalue weighted by molar-refractivity contribution is -0.140. The lowest BCUT2D eigenvalue weighted by Gasteiger charge is -2.28. The van der Waals surface area contributed by atoms with Crippen molar-refractivity contribution in [2.24, 2.45) is 0 Å².